The summed E-state index contributed by atoms with van der Waals surface area (Å²) in [6, 6.07) is 0. The van der Waals surface area contributed by atoms with Crippen LogP contribution in [0.3, 0.4) is 0 Å². The van der Waals surface area contributed by atoms with Crippen LogP contribution in [0.25, 0.3) is 0 Å². The van der Waals surface area contributed by atoms with Crippen LogP contribution in [0.4, 0.5) is 13.2 Å². The molecular weight excluding hydrogens is 151 g/mol. The summed E-state index contributed by atoms with van der Waals surface area (Å²) in [5.74, 6) is -2.13. The van der Waals surface area contributed by atoms with Crippen molar-refractivity contribution >= 4 is 5.97 Å². The Morgan fingerprint density at radius 1 is 1.50 bits per heavy atom. The molecule has 0 aliphatic carbocycles. The van der Waals surface area contributed by atoms with Gasteiger partial charge in [0.05, 0.1) is 6.61 Å². The van der Waals surface area contributed by atoms with Gasteiger partial charge >= 0.3 is 12.1 Å². The van der Waals surface area contributed by atoms with Gasteiger partial charge in [-0.25, -0.2) is 4.79 Å². The van der Waals surface area contributed by atoms with Gasteiger partial charge in [-0.05, 0) is 6.92 Å². The van der Waals surface area contributed by atoms with Gasteiger partial charge < -0.3 is 10.9 Å². The first-order valence-corrected chi connectivity index (χ1v) is 2.22. The fourth-order valence-corrected chi connectivity index (χ4v) is 0.213. The maximum absolute atomic E-state index is 11.2. The highest BCUT2D eigenvalue weighted by molar-refractivity contribution is 5.75. The van der Waals surface area contributed by atoms with Gasteiger partial charge in [-0.2, -0.15) is 13.2 Å². The van der Waals surface area contributed by atoms with Crippen LogP contribution in [-0.2, 0) is 9.53 Å². The molecule has 0 heterocycles. The lowest BCUT2D eigenvalue weighted by Crippen LogP contribution is -2.25. The average Bonchev–Trinajstić information content (AvgIpc) is 1.64. The molecule has 0 radical (unpaired) electrons. The van der Waals surface area contributed by atoms with Crippen molar-refractivity contribution < 1.29 is 22.7 Å². The van der Waals surface area contributed by atoms with E-state index in [4.69, 9.17) is 0 Å². The number of esters is 1. The number of ether oxygens (including phenoxy) is 1. The van der Waals surface area contributed by atoms with Gasteiger partial charge in [0.1, 0.15) is 0 Å². The standard InChI is InChI=1S/C4H5F3O2.H3N/c1-2-9-3(8)4(5,6)7;/h2H2,1H3;1H3. The topological polar surface area (TPSA) is 61.3 Å². The Bertz CT molecular complexity index is 112. The molecule has 0 atom stereocenters. The van der Waals surface area contributed by atoms with E-state index >= 15 is 0 Å². The molecule has 0 spiro atoms. The predicted molar refractivity (Wildman–Crippen MR) is 27.7 cm³/mol. The molecule has 6 heteroatoms. The van der Waals surface area contributed by atoms with Gasteiger partial charge in [-0.15, -0.1) is 0 Å². The summed E-state index contributed by atoms with van der Waals surface area (Å²) in [4.78, 5) is 9.72. The SMILES string of the molecule is CCOC(=O)C(F)(F)F.N. The minimum absolute atomic E-state index is 0. The maximum atomic E-state index is 11.2. The highest BCUT2D eigenvalue weighted by atomic mass is 19.4. The summed E-state index contributed by atoms with van der Waals surface area (Å²) in [7, 11) is 0. The third-order valence-electron chi connectivity index (χ3n) is 0.507. The molecule has 0 aromatic carbocycles. The van der Waals surface area contributed by atoms with Crippen molar-refractivity contribution in [3.05, 3.63) is 0 Å². The first-order valence-electron chi connectivity index (χ1n) is 2.22. The molecule has 0 rings (SSSR count). The number of halogens is 3. The second-order valence-electron chi connectivity index (χ2n) is 1.22. The number of alkyl halides is 3. The number of hydrogen-bond donors (Lipinski definition) is 1. The van der Waals surface area contributed by atoms with Crippen LogP contribution in [-0.4, -0.2) is 18.8 Å². The molecular formula is C4H8F3NO2. The molecule has 0 amide bonds. The maximum Gasteiger partial charge on any atom is 0.490 e. The highest BCUT2D eigenvalue weighted by Crippen LogP contribution is 2.15. The monoisotopic (exact) mass is 159 g/mol. The van der Waals surface area contributed by atoms with Crippen LogP contribution in [0, 0.1) is 0 Å². The lowest BCUT2D eigenvalue weighted by Gasteiger charge is -2.02. The van der Waals surface area contributed by atoms with Crippen LogP contribution in [0.5, 0.6) is 0 Å². The summed E-state index contributed by atoms with van der Waals surface area (Å²) >= 11 is 0. The molecule has 0 aromatic rings. The van der Waals surface area contributed by atoms with Crippen molar-refractivity contribution in [2.24, 2.45) is 0 Å². The normalized spacial score (nSPS) is 10.0. The van der Waals surface area contributed by atoms with Crippen molar-refractivity contribution in [3.8, 4) is 0 Å². The zero-order valence-corrected chi connectivity index (χ0v) is 5.36. The van der Waals surface area contributed by atoms with Crippen molar-refractivity contribution in [2.75, 3.05) is 6.61 Å². The molecule has 0 saturated heterocycles. The van der Waals surface area contributed by atoms with E-state index in [0.717, 1.165) is 0 Å². The van der Waals surface area contributed by atoms with E-state index in [1.807, 2.05) is 0 Å². The van der Waals surface area contributed by atoms with E-state index in [1.165, 1.54) is 6.92 Å². The number of carbonyl (C=O) groups excluding carboxylic acids is 1. The summed E-state index contributed by atoms with van der Waals surface area (Å²) in [6.45, 7) is 1.06. The highest BCUT2D eigenvalue weighted by Gasteiger charge is 2.40. The minimum Gasteiger partial charge on any atom is -0.459 e. The largest absolute Gasteiger partial charge is 0.490 e. The van der Waals surface area contributed by atoms with E-state index in [1.54, 1.807) is 0 Å². The van der Waals surface area contributed by atoms with Crippen molar-refractivity contribution in [1.82, 2.24) is 6.15 Å². The zero-order valence-electron chi connectivity index (χ0n) is 5.36. The summed E-state index contributed by atoms with van der Waals surface area (Å²) in [5, 5.41) is 0. The van der Waals surface area contributed by atoms with E-state index in [-0.39, 0.29) is 12.8 Å². The quantitative estimate of drug-likeness (QED) is 0.586. The Hall–Kier alpha value is -0.780. The van der Waals surface area contributed by atoms with Crippen molar-refractivity contribution in [1.29, 1.82) is 0 Å². The number of carbonyl (C=O) groups is 1. The van der Waals surface area contributed by atoms with Crippen LogP contribution in [0.1, 0.15) is 6.92 Å². The minimum atomic E-state index is -4.85. The second-order valence-corrected chi connectivity index (χ2v) is 1.22. The first kappa shape index (κ1) is 12.0. The molecule has 62 valence electrons. The van der Waals surface area contributed by atoms with Crippen LogP contribution < -0.4 is 6.15 Å². The van der Waals surface area contributed by atoms with Gasteiger partial charge in [-0.3, -0.25) is 0 Å². The van der Waals surface area contributed by atoms with Gasteiger partial charge in [0.2, 0.25) is 0 Å². The summed E-state index contributed by atoms with van der Waals surface area (Å²) in [5.41, 5.74) is 0. The predicted octanol–water partition coefficient (Wildman–Crippen LogP) is 1.27. The van der Waals surface area contributed by atoms with Crippen LogP contribution in [0.2, 0.25) is 0 Å². The average molecular weight is 159 g/mol. The molecule has 0 saturated carbocycles. The Morgan fingerprint density at radius 3 is 2.00 bits per heavy atom. The lowest BCUT2D eigenvalue weighted by atomic mass is 10.7. The molecule has 0 unspecified atom stereocenters. The van der Waals surface area contributed by atoms with E-state index in [2.05, 4.69) is 4.74 Å². The fourth-order valence-electron chi connectivity index (χ4n) is 0.213. The molecule has 0 aromatic heterocycles. The van der Waals surface area contributed by atoms with Gasteiger partial charge in [0.15, 0.2) is 0 Å². The number of hydrogen-bond acceptors (Lipinski definition) is 3. The van der Waals surface area contributed by atoms with Crippen LogP contribution >= 0.6 is 0 Å². The Morgan fingerprint density at radius 2 is 1.90 bits per heavy atom. The Kier molecular flexibility index (Phi) is 4.90. The van der Waals surface area contributed by atoms with Gasteiger partial charge in [0, 0.05) is 0 Å². The van der Waals surface area contributed by atoms with Crippen molar-refractivity contribution in [3.63, 3.8) is 0 Å². The van der Waals surface area contributed by atoms with Crippen molar-refractivity contribution in [2.45, 2.75) is 13.1 Å². The third kappa shape index (κ3) is 4.13. The van der Waals surface area contributed by atoms with Crippen LogP contribution in [0.15, 0.2) is 0 Å². The molecule has 0 fully saturated rings. The van der Waals surface area contributed by atoms with Gasteiger partial charge in [-0.1, -0.05) is 0 Å². The summed E-state index contributed by atoms with van der Waals surface area (Å²) in [6.07, 6.45) is -4.85. The van der Waals surface area contributed by atoms with Gasteiger partial charge in [0.25, 0.3) is 0 Å². The molecule has 3 nitrogen and oxygen atoms in total. The smallest absolute Gasteiger partial charge is 0.459 e. The van der Waals surface area contributed by atoms with E-state index in [0.29, 0.717) is 0 Å². The first-order chi connectivity index (χ1) is 3.98. The molecule has 0 aliphatic rings. The Labute approximate surface area is 55.7 Å². The Balaban J connectivity index is 0. The molecule has 0 aliphatic heterocycles. The molecule has 3 N–H and O–H groups in total. The number of rotatable bonds is 1. The second kappa shape index (κ2) is 4.10. The fraction of sp³-hybridized carbons (Fsp3) is 0.750. The molecule has 10 heavy (non-hydrogen) atoms. The lowest BCUT2D eigenvalue weighted by molar-refractivity contribution is -0.199. The third-order valence-corrected chi connectivity index (χ3v) is 0.507. The zero-order chi connectivity index (χ0) is 7.49. The van der Waals surface area contributed by atoms with E-state index < -0.39 is 12.1 Å². The molecule has 0 bridgehead atoms. The summed E-state index contributed by atoms with van der Waals surface area (Å²) < 4.78 is 37.1. The van der Waals surface area contributed by atoms with E-state index in [9.17, 15) is 18.0 Å².